The molecule has 1 atom stereocenters. The molecule has 1 aliphatic rings. The highest BCUT2D eigenvalue weighted by atomic mass is 79.9. The lowest BCUT2D eigenvalue weighted by Gasteiger charge is -2.39. The Labute approximate surface area is 117 Å². The van der Waals surface area contributed by atoms with Gasteiger partial charge in [-0.3, -0.25) is 4.90 Å². The minimum Gasteiger partial charge on any atom is -0.369 e. The minimum atomic E-state index is 0.337. The molecule has 0 bridgehead atoms. The molecule has 0 N–H and O–H groups in total. The van der Waals surface area contributed by atoms with Crippen LogP contribution in [-0.2, 0) is 0 Å². The second-order valence-corrected chi connectivity index (χ2v) is 5.73. The zero-order valence-corrected chi connectivity index (χ0v) is 12.4. The molecule has 0 amide bonds. The smallest absolute Gasteiger partial charge is 0.0638 e. The molecule has 0 aliphatic carbocycles. The summed E-state index contributed by atoms with van der Waals surface area (Å²) in [5.41, 5.74) is 2.49. The lowest BCUT2D eigenvalue weighted by atomic mass is 10.1. The summed E-state index contributed by atoms with van der Waals surface area (Å²) < 4.78 is 1.15. The van der Waals surface area contributed by atoms with E-state index in [1.54, 1.807) is 0 Å². The molecule has 18 heavy (non-hydrogen) atoms. The molecule has 96 valence electrons. The third-order valence-electron chi connectivity index (χ3n) is 3.62. The second-order valence-electron chi connectivity index (χ2n) is 4.88. The second kappa shape index (κ2) is 5.73. The van der Waals surface area contributed by atoms with Gasteiger partial charge in [-0.1, -0.05) is 22.0 Å². The summed E-state index contributed by atoms with van der Waals surface area (Å²) in [7, 11) is 2.10. The molecule has 2 rings (SSSR count). The van der Waals surface area contributed by atoms with E-state index in [4.69, 9.17) is 5.26 Å². The van der Waals surface area contributed by atoms with Crippen molar-refractivity contribution in [2.24, 2.45) is 0 Å². The van der Waals surface area contributed by atoms with Gasteiger partial charge < -0.3 is 4.90 Å². The zero-order valence-electron chi connectivity index (χ0n) is 10.9. The summed E-state index contributed by atoms with van der Waals surface area (Å²) in [4.78, 5) is 4.65. The highest BCUT2D eigenvalue weighted by Gasteiger charge is 2.24. The van der Waals surface area contributed by atoms with Crippen LogP contribution in [-0.4, -0.2) is 37.6 Å². The topological polar surface area (TPSA) is 30.3 Å². The number of nitrogens with zero attached hydrogens (tertiary/aromatic N) is 3. The largest absolute Gasteiger partial charge is 0.369 e. The third kappa shape index (κ3) is 2.85. The van der Waals surface area contributed by atoms with E-state index in [0.717, 1.165) is 24.1 Å². The first-order valence-corrected chi connectivity index (χ1v) is 6.99. The first kappa shape index (κ1) is 13.4. The molecule has 1 aromatic carbocycles. The van der Waals surface area contributed by atoms with Crippen molar-refractivity contribution in [1.82, 2.24) is 4.90 Å². The summed E-state index contributed by atoms with van der Waals surface area (Å²) in [5.74, 6) is 0. The quantitative estimate of drug-likeness (QED) is 0.841. The van der Waals surface area contributed by atoms with Crippen molar-refractivity contribution in [3.05, 3.63) is 28.2 Å². The normalized spacial score (nSPS) is 20.8. The van der Waals surface area contributed by atoms with Gasteiger partial charge in [0.05, 0.1) is 12.5 Å². The fraction of sp³-hybridized carbons (Fsp3) is 0.500. The van der Waals surface area contributed by atoms with Crippen molar-refractivity contribution in [3.63, 3.8) is 0 Å². The number of benzene rings is 1. The van der Waals surface area contributed by atoms with Crippen molar-refractivity contribution in [3.8, 4) is 6.07 Å². The van der Waals surface area contributed by atoms with Gasteiger partial charge in [0.25, 0.3) is 0 Å². The van der Waals surface area contributed by atoms with Gasteiger partial charge in [-0.15, -0.1) is 0 Å². The highest BCUT2D eigenvalue weighted by Crippen LogP contribution is 2.25. The maximum absolute atomic E-state index is 8.87. The predicted molar refractivity (Wildman–Crippen MR) is 77.7 cm³/mol. The molecule has 4 heteroatoms. The molecule has 1 saturated heterocycles. The van der Waals surface area contributed by atoms with E-state index in [0.29, 0.717) is 12.5 Å². The average Bonchev–Trinajstić information content (AvgIpc) is 2.36. The van der Waals surface area contributed by atoms with E-state index in [-0.39, 0.29) is 0 Å². The van der Waals surface area contributed by atoms with E-state index in [1.807, 2.05) is 0 Å². The molecule has 0 spiro atoms. The molecular formula is C14H18BrN3. The monoisotopic (exact) mass is 307 g/mol. The summed E-state index contributed by atoms with van der Waals surface area (Å²) in [5, 5.41) is 8.87. The number of hydrogen-bond acceptors (Lipinski definition) is 3. The molecule has 1 heterocycles. The van der Waals surface area contributed by atoms with Crippen LogP contribution < -0.4 is 4.90 Å². The molecule has 1 fully saturated rings. The number of piperazine rings is 1. The Balaban J connectivity index is 2.14. The fourth-order valence-electron chi connectivity index (χ4n) is 2.28. The van der Waals surface area contributed by atoms with Crippen LogP contribution in [0.2, 0.25) is 0 Å². The zero-order chi connectivity index (χ0) is 13.1. The van der Waals surface area contributed by atoms with Gasteiger partial charge in [0.15, 0.2) is 0 Å². The Hall–Kier alpha value is -1.05. The van der Waals surface area contributed by atoms with Crippen LogP contribution in [0.15, 0.2) is 22.7 Å². The van der Waals surface area contributed by atoms with Gasteiger partial charge in [0.1, 0.15) is 0 Å². The Morgan fingerprint density at radius 2 is 2.22 bits per heavy atom. The van der Waals surface area contributed by atoms with Gasteiger partial charge in [-0.25, -0.2) is 0 Å². The number of likely N-dealkylation sites (N-methyl/N-ethyl adjacent to an activating group) is 1. The summed E-state index contributed by atoms with van der Waals surface area (Å²) in [6, 6.07) is 9.09. The van der Waals surface area contributed by atoms with Crippen LogP contribution in [0.5, 0.6) is 0 Å². The molecule has 1 aromatic rings. The van der Waals surface area contributed by atoms with Crippen LogP contribution in [0, 0.1) is 18.3 Å². The number of rotatable bonds is 2. The SMILES string of the molecule is Cc1ccc(N2CCN(C)C(CC#N)C2)cc1Br. The van der Waals surface area contributed by atoms with Crippen molar-refractivity contribution >= 4 is 21.6 Å². The summed E-state index contributed by atoms with van der Waals surface area (Å²) >= 11 is 3.58. The van der Waals surface area contributed by atoms with Gasteiger partial charge in [0, 0.05) is 35.8 Å². The highest BCUT2D eigenvalue weighted by molar-refractivity contribution is 9.10. The van der Waals surface area contributed by atoms with Crippen LogP contribution in [0.3, 0.4) is 0 Å². The van der Waals surface area contributed by atoms with Crippen LogP contribution in [0.1, 0.15) is 12.0 Å². The number of anilines is 1. The number of nitriles is 1. The van der Waals surface area contributed by atoms with Crippen LogP contribution >= 0.6 is 15.9 Å². The Morgan fingerprint density at radius 1 is 1.44 bits per heavy atom. The van der Waals surface area contributed by atoms with E-state index in [2.05, 4.69) is 64.0 Å². The predicted octanol–water partition coefficient (Wildman–Crippen LogP) is 2.79. The van der Waals surface area contributed by atoms with E-state index < -0.39 is 0 Å². The first-order chi connectivity index (χ1) is 8.61. The summed E-state index contributed by atoms with van der Waals surface area (Å²) in [6.07, 6.45) is 0.597. The minimum absolute atomic E-state index is 0.337. The van der Waals surface area contributed by atoms with Gasteiger partial charge in [-0.05, 0) is 31.7 Å². The van der Waals surface area contributed by atoms with Crippen LogP contribution in [0.4, 0.5) is 5.69 Å². The standard InChI is InChI=1S/C14H18BrN3/c1-11-3-4-12(9-14(11)15)18-8-7-17(2)13(10-18)5-6-16/h3-4,9,13H,5,7-8,10H2,1-2H3. The summed E-state index contributed by atoms with van der Waals surface area (Å²) in [6.45, 7) is 5.06. The molecule has 0 aromatic heterocycles. The average molecular weight is 308 g/mol. The Kier molecular flexibility index (Phi) is 4.26. The molecule has 3 nitrogen and oxygen atoms in total. The lowest BCUT2D eigenvalue weighted by Crippen LogP contribution is -2.51. The van der Waals surface area contributed by atoms with E-state index in [1.165, 1.54) is 11.3 Å². The van der Waals surface area contributed by atoms with E-state index in [9.17, 15) is 0 Å². The number of halogens is 1. The molecule has 1 aliphatic heterocycles. The molecular weight excluding hydrogens is 290 g/mol. The lowest BCUT2D eigenvalue weighted by molar-refractivity contribution is 0.221. The molecule has 0 radical (unpaired) electrons. The van der Waals surface area contributed by atoms with Crippen molar-refractivity contribution in [2.45, 2.75) is 19.4 Å². The Morgan fingerprint density at radius 3 is 2.89 bits per heavy atom. The maximum atomic E-state index is 8.87. The fourth-order valence-corrected chi connectivity index (χ4v) is 2.65. The molecule has 0 saturated carbocycles. The maximum Gasteiger partial charge on any atom is 0.0638 e. The first-order valence-electron chi connectivity index (χ1n) is 6.20. The number of hydrogen-bond donors (Lipinski definition) is 0. The van der Waals surface area contributed by atoms with Gasteiger partial charge in [0.2, 0.25) is 0 Å². The van der Waals surface area contributed by atoms with Gasteiger partial charge >= 0.3 is 0 Å². The van der Waals surface area contributed by atoms with Crippen LogP contribution in [0.25, 0.3) is 0 Å². The Bertz CT molecular complexity index is 467. The van der Waals surface area contributed by atoms with Gasteiger partial charge in [-0.2, -0.15) is 5.26 Å². The van der Waals surface area contributed by atoms with Crippen molar-refractivity contribution in [2.75, 3.05) is 31.6 Å². The van der Waals surface area contributed by atoms with Crippen molar-refractivity contribution < 1.29 is 0 Å². The van der Waals surface area contributed by atoms with Crippen molar-refractivity contribution in [1.29, 1.82) is 5.26 Å². The third-order valence-corrected chi connectivity index (χ3v) is 4.48. The number of aryl methyl sites for hydroxylation is 1. The van der Waals surface area contributed by atoms with E-state index >= 15 is 0 Å². The molecule has 1 unspecified atom stereocenters.